The molecule has 2 aromatic rings. The number of methoxy groups -OCH3 is 1. The van der Waals surface area contributed by atoms with Crippen molar-refractivity contribution in [3.63, 3.8) is 0 Å². The van der Waals surface area contributed by atoms with Gasteiger partial charge in [0.05, 0.1) is 18.8 Å². The standard InChI is InChI=1S/C18H19F3O2/c1-3-4-16(22)13-7-5-12(6-8-13)15-10-9-14(18(19,20)21)11-17(15)23-2/h5-11,16,22H,3-4H2,1-2H3. The number of rotatable bonds is 5. The summed E-state index contributed by atoms with van der Waals surface area (Å²) in [5.74, 6) is 0.168. The molecule has 23 heavy (non-hydrogen) atoms. The molecule has 2 aromatic carbocycles. The summed E-state index contributed by atoms with van der Waals surface area (Å²) in [6, 6.07) is 10.6. The second-order valence-electron chi connectivity index (χ2n) is 5.34. The number of aliphatic hydroxyl groups excluding tert-OH is 1. The van der Waals surface area contributed by atoms with Gasteiger partial charge < -0.3 is 9.84 Å². The molecule has 0 saturated heterocycles. The summed E-state index contributed by atoms with van der Waals surface area (Å²) in [5, 5.41) is 9.96. The first-order chi connectivity index (χ1) is 10.9. The Balaban J connectivity index is 2.34. The molecule has 0 aromatic heterocycles. The first-order valence-electron chi connectivity index (χ1n) is 7.40. The van der Waals surface area contributed by atoms with Crippen molar-refractivity contribution in [2.45, 2.75) is 32.0 Å². The zero-order chi connectivity index (χ0) is 17.0. The number of alkyl halides is 3. The lowest BCUT2D eigenvalue weighted by atomic mass is 9.98. The lowest BCUT2D eigenvalue weighted by molar-refractivity contribution is -0.137. The molecule has 5 heteroatoms. The van der Waals surface area contributed by atoms with Crippen molar-refractivity contribution in [1.29, 1.82) is 0 Å². The van der Waals surface area contributed by atoms with Gasteiger partial charge in [0.15, 0.2) is 0 Å². The number of benzene rings is 2. The van der Waals surface area contributed by atoms with Gasteiger partial charge in [0.1, 0.15) is 5.75 Å². The van der Waals surface area contributed by atoms with E-state index in [0.717, 1.165) is 29.7 Å². The minimum absolute atomic E-state index is 0.168. The molecule has 1 atom stereocenters. The number of halogens is 3. The summed E-state index contributed by atoms with van der Waals surface area (Å²) in [6.07, 6.45) is -3.39. The monoisotopic (exact) mass is 324 g/mol. The molecule has 0 amide bonds. The first kappa shape index (κ1) is 17.3. The van der Waals surface area contributed by atoms with Crippen LogP contribution in [-0.4, -0.2) is 12.2 Å². The third-order valence-electron chi connectivity index (χ3n) is 3.70. The zero-order valence-corrected chi connectivity index (χ0v) is 13.0. The van der Waals surface area contributed by atoms with Gasteiger partial charge in [0.25, 0.3) is 0 Å². The van der Waals surface area contributed by atoms with E-state index < -0.39 is 17.8 Å². The van der Waals surface area contributed by atoms with Gasteiger partial charge in [0, 0.05) is 5.56 Å². The second kappa shape index (κ2) is 7.04. The summed E-state index contributed by atoms with van der Waals surface area (Å²) < 4.78 is 43.4. The average Bonchev–Trinajstić information content (AvgIpc) is 2.53. The lowest BCUT2D eigenvalue weighted by Gasteiger charge is -2.14. The Morgan fingerprint density at radius 3 is 2.26 bits per heavy atom. The van der Waals surface area contributed by atoms with Gasteiger partial charge in [-0.2, -0.15) is 13.2 Å². The van der Waals surface area contributed by atoms with Crippen LogP contribution in [0.1, 0.15) is 37.0 Å². The van der Waals surface area contributed by atoms with Crippen LogP contribution in [0.2, 0.25) is 0 Å². The molecule has 0 spiro atoms. The highest BCUT2D eigenvalue weighted by atomic mass is 19.4. The smallest absolute Gasteiger partial charge is 0.416 e. The highest BCUT2D eigenvalue weighted by molar-refractivity contribution is 5.71. The molecule has 0 saturated carbocycles. The molecular weight excluding hydrogens is 305 g/mol. The fourth-order valence-electron chi connectivity index (χ4n) is 2.43. The zero-order valence-electron chi connectivity index (χ0n) is 13.0. The maximum Gasteiger partial charge on any atom is 0.416 e. The third-order valence-corrected chi connectivity index (χ3v) is 3.70. The van der Waals surface area contributed by atoms with E-state index in [4.69, 9.17) is 4.74 Å². The molecule has 124 valence electrons. The Morgan fingerprint density at radius 1 is 1.09 bits per heavy atom. The molecule has 2 nitrogen and oxygen atoms in total. The minimum atomic E-state index is -4.40. The van der Waals surface area contributed by atoms with E-state index >= 15 is 0 Å². The predicted octanol–water partition coefficient (Wildman–Crippen LogP) is 5.21. The highest BCUT2D eigenvalue weighted by Gasteiger charge is 2.31. The lowest BCUT2D eigenvalue weighted by Crippen LogP contribution is -2.05. The van der Waals surface area contributed by atoms with Crippen molar-refractivity contribution in [3.8, 4) is 16.9 Å². The van der Waals surface area contributed by atoms with Crippen LogP contribution < -0.4 is 4.74 Å². The molecule has 0 aliphatic rings. The van der Waals surface area contributed by atoms with Crippen LogP contribution >= 0.6 is 0 Å². The Bertz CT molecular complexity index is 648. The first-order valence-corrected chi connectivity index (χ1v) is 7.40. The maximum atomic E-state index is 12.8. The van der Waals surface area contributed by atoms with Crippen LogP contribution in [0.3, 0.4) is 0 Å². The summed E-state index contributed by atoms with van der Waals surface area (Å²) >= 11 is 0. The Hall–Kier alpha value is -2.01. The van der Waals surface area contributed by atoms with Crippen LogP contribution in [0.25, 0.3) is 11.1 Å². The van der Waals surface area contributed by atoms with E-state index in [1.54, 1.807) is 24.3 Å². The Labute approximate surface area is 133 Å². The van der Waals surface area contributed by atoms with Gasteiger partial charge in [-0.05, 0) is 29.7 Å². The molecule has 1 unspecified atom stereocenters. The molecule has 2 rings (SSSR count). The van der Waals surface area contributed by atoms with Crippen LogP contribution in [0, 0.1) is 0 Å². The van der Waals surface area contributed by atoms with E-state index in [-0.39, 0.29) is 5.75 Å². The van der Waals surface area contributed by atoms with E-state index in [2.05, 4.69) is 0 Å². The molecule has 1 N–H and O–H groups in total. The second-order valence-corrected chi connectivity index (χ2v) is 5.34. The molecule has 0 fully saturated rings. The Morgan fingerprint density at radius 2 is 1.74 bits per heavy atom. The van der Waals surface area contributed by atoms with Gasteiger partial charge in [-0.25, -0.2) is 0 Å². The van der Waals surface area contributed by atoms with Gasteiger partial charge in [-0.1, -0.05) is 43.7 Å². The fourth-order valence-corrected chi connectivity index (χ4v) is 2.43. The normalized spacial score (nSPS) is 13.0. The van der Waals surface area contributed by atoms with Crippen molar-refractivity contribution >= 4 is 0 Å². The van der Waals surface area contributed by atoms with Gasteiger partial charge >= 0.3 is 6.18 Å². The van der Waals surface area contributed by atoms with Crippen molar-refractivity contribution in [2.24, 2.45) is 0 Å². The van der Waals surface area contributed by atoms with E-state index in [0.29, 0.717) is 12.0 Å². The molecular formula is C18H19F3O2. The number of hydrogen-bond acceptors (Lipinski definition) is 2. The van der Waals surface area contributed by atoms with Gasteiger partial charge in [0.2, 0.25) is 0 Å². The van der Waals surface area contributed by atoms with Crippen molar-refractivity contribution in [1.82, 2.24) is 0 Å². The SMILES string of the molecule is CCCC(O)c1ccc(-c2ccc(C(F)(F)F)cc2OC)cc1. The molecule has 0 aliphatic carbocycles. The largest absolute Gasteiger partial charge is 0.496 e. The third kappa shape index (κ3) is 4.05. The topological polar surface area (TPSA) is 29.5 Å². The highest BCUT2D eigenvalue weighted by Crippen LogP contribution is 2.37. The van der Waals surface area contributed by atoms with Crippen LogP contribution in [-0.2, 0) is 6.18 Å². The fraction of sp³-hybridized carbons (Fsp3) is 0.333. The van der Waals surface area contributed by atoms with Gasteiger partial charge in [-0.15, -0.1) is 0 Å². The van der Waals surface area contributed by atoms with E-state index in [1.807, 2.05) is 6.92 Å². The molecule has 0 aliphatic heterocycles. The summed E-state index contributed by atoms with van der Waals surface area (Å²) in [5.41, 5.74) is 1.37. The van der Waals surface area contributed by atoms with Crippen molar-refractivity contribution in [2.75, 3.05) is 7.11 Å². The van der Waals surface area contributed by atoms with Gasteiger partial charge in [-0.3, -0.25) is 0 Å². The predicted molar refractivity (Wildman–Crippen MR) is 83.3 cm³/mol. The van der Waals surface area contributed by atoms with Crippen LogP contribution in [0.15, 0.2) is 42.5 Å². The summed E-state index contributed by atoms with van der Waals surface area (Å²) in [4.78, 5) is 0. The Kier molecular flexibility index (Phi) is 5.31. The number of ether oxygens (including phenoxy) is 1. The minimum Gasteiger partial charge on any atom is -0.496 e. The van der Waals surface area contributed by atoms with Crippen LogP contribution in [0.5, 0.6) is 5.75 Å². The summed E-state index contributed by atoms with van der Waals surface area (Å²) in [7, 11) is 1.35. The molecule has 0 radical (unpaired) electrons. The molecule has 0 bridgehead atoms. The van der Waals surface area contributed by atoms with Crippen LogP contribution in [0.4, 0.5) is 13.2 Å². The maximum absolute atomic E-state index is 12.8. The number of aliphatic hydroxyl groups is 1. The van der Waals surface area contributed by atoms with E-state index in [9.17, 15) is 18.3 Å². The number of hydrogen-bond donors (Lipinski definition) is 1. The summed E-state index contributed by atoms with van der Waals surface area (Å²) in [6.45, 7) is 1.99. The van der Waals surface area contributed by atoms with Crippen molar-refractivity contribution < 1.29 is 23.0 Å². The molecule has 0 heterocycles. The average molecular weight is 324 g/mol. The van der Waals surface area contributed by atoms with Crippen molar-refractivity contribution in [3.05, 3.63) is 53.6 Å². The van der Waals surface area contributed by atoms with E-state index in [1.165, 1.54) is 13.2 Å². The quantitative estimate of drug-likeness (QED) is 0.817.